The third kappa shape index (κ3) is 2.94. The Morgan fingerprint density at radius 2 is 2.12 bits per heavy atom. The standard InChI is InChI=1S/C12H18N4O/c1-10-3-2-4-14-12(10)16-7-5-15(6-8-16)9-11(13)17/h2-4H,5-9H2,1H3,(H2,13,17). The van der Waals surface area contributed by atoms with Crippen LogP contribution in [-0.2, 0) is 4.79 Å². The summed E-state index contributed by atoms with van der Waals surface area (Å²) in [5.41, 5.74) is 6.38. The zero-order valence-electron chi connectivity index (χ0n) is 10.1. The molecule has 1 aliphatic rings. The van der Waals surface area contributed by atoms with Gasteiger partial charge in [-0.05, 0) is 18.6 Å². The van der Waals surface area contributed by atoms with Gasteiger partial charge in [-0.2, -0.15) is 0 Å². The van der Waals surface area contributed by atoms with Crippen molar-refractivity contribution in [1.29, 1.82) is 0 Å². The van der Waals surface area contributed by atoms with E-state index < -0.39 is 0 Å². The minimum atomic E-state index is -0.257. The van der Waals surface area contributed by atoms with Gasteiger partial charge >= 0.3 is 0 Å². The van der Waals surface area contributed by atoms with Crippen LogP contribution < -0.4 is 10.6 Å². The Morgan fingerprint density at radius 3 is 2.71 bits per heavy atom. The van der Waals surface area contributed by atoms with Crippen molar-refractivity contribution in [2.75, 3.05) is 37.6 Å². The van der Waals surface area contributed by atoms with Crippen molar-refractivity contribution in [3.05, 3.63) is 23.9 Å². The number of amides is 1. The van der Waals surface area contributed by atoms with Crippen molar-refractivity contribution >= 4 is 11.7 Å². The second-order valence-electron chi connectivity index (χ2n) is 4.37. The van der Waals surface area contributed by atoms with Crippen molar-refractivity contribution in [3.63, 3.8) is 0 Å². The Bertz CT molecular complexity index is 399. The summed E-state index contributed by atoms with van der Waals surface area (Å²) < 4.78 is 0. The number of nitrogens with zero attached hydrogens (tertiary/aromatic N) is 3. The molecule has 17 heavy (non-hydrogen) atoms. The highest BCUT2D eigenvalue weighted by Gasteiger charge is 2.19. The topological polar surface area (TPSA) is 62.5 Å². The van der Waals surface area contributed by atoms with Gasteiger partial charge in [0.25, 0.3) is 0 Å². The van der Waals surface area contributed by atoms with E-state index in [0.29, 0.717) is 6.54 Å². The molecule has 1 aliphatic heterocycles. The molecule has 2 heterocycles. The third-order valence-electron chi connectivity index (χ3n) is 3.03. The minimum Gasteiger partial charge on any atom is -0.369 e. The quantitative estimate of drug-likeness (QED) is 0.799. The molecule has 1 saturated heterocycles. The number of pyridine rings is 1. The second kappa shape index (κ2) is 5.14. The highest BCUT2D eigenvalue weighted by Crippen LogP contribution is 2.17. The SMILES string of the molecule is Cc1cccnc1N1CCN(CC(N)=O)CC1. The average molecular weight is 234 g/mol. The van der Waals surface area contributed by atoms with Crippen molar-refractivity contribution in [2.24, 2.45) is 5.73 Å². The molecule has 0 saturated carbocycles. The maximum absolute atomic E-state index is 10.8. The summed E-state index contributed by atoms with van der Waals surface area (Å²) >= 11 is 0. The molecule has 0 spiro atoms. The molecule has 0 bridgehead atoms. The number of carbonyl (C=O) groups excluding carboxylic acids is 1. The van der Waals surface area contributed by atoms with Crippen LogP contribution in [-0.4, -0.2) is 48.5 Å². The average Bonchev–Trinajstić information content (AvgIpc) is 2.30. The minimum absolute atomic E-state index is 0.257. The maximum atomic E-state index is 10.8. The third-order valence-corrected chi connectivity index (χ3v) is 3.03. The molecule has 0 unspecified atom stereocenters. The number of nitrogens with two attached hydrogens (primary N) is 1. The fourth-order valence-electron chi connectivity index (χ4n) is 2.15. The largest absolute Gasteiger partial charge is 0.369 e. The van der Waals surface area contributed by atoms with Crippen molar-refractivity contribution in [2.45, 2.75) is 6.92 Å². The molecular formula is C12H18N4O. The van der Waals surface area contributed by atoms with Crippen molar-refractivity contribution in [3.8, 4) is 0 Å². The fraction of sp³-hybridized carbons (Fsp3) is 0.500. The Hall–Kier alpha value is -1.62. The van der Waals surface area contributed by atoms with Crippen LogP contribution in [0.2, 0.25) is 0 Å². The molecule has 5 nitrogen and oxygen atoms in total. The lowest BCUT2D eigenvalue weighted by Crippen LogP contribution is -2.49. The number of aryl methyl sites for hydroxylation is 1. The number of piperazine rings is 1. The first-order chi connectivity index (χ1) is 8.16. The van der Waals surface area contributed by atoms with Gasteiger partial charge in [0.1, 0.15) is 5.82 Å². The monoisotopic (exact) mass is 234 g/mol. The summed E-state index contributed by atoms with van der Waals surface area (Å²) in [7, 11) is 0. The van der Waals surface area contributed by atoms with Crippen LogP contribution in [0.1, 0.15) is 5.56 Å². The molecule has 2 N–H and O–H groups in total. The first kappa shape index (κ1) is 11.9. The number of hydrogen-bond donors (Lipinski definition) is 1. The number of rotatable bonds is 3. The highest BCUT2D eigenvalue weighted by molar-refractivity contribution is 5.75. The van der Waals surface area contributed by atoms with Crippen LogP contribution >= 0.6 is 0 Å². The van der Waals surface area contributed by atoms with Crippen LogP contribution in [0.5, 0.6) is 0 Å². The van der Waals surface area contributed by atoms with E-state index >= 15 is 0 Å². The number of carbonyl (C=O) groups is 1. The lowest BCUT2D eigenvalue weighted by molar-refractivity contribution is -0.119. The van der Waals surface area contributed by atoms with Gasteiger partial charge in [0.2, 0.25) is 5.91 Å². The van der Waals surface area contributed by atoms with Gasteiger partial charge in [0.15, 0.2) is 0 Å². The van der Waals surface area contributed by atoms with E-state index in [-0.39, 0.29) is 5.91 Å². The second-order valence-corrected chi connectivity index (χ2v) is 4.37. The van der Waals surface area contributed by atoms with Gasteiger partial charge in [-0.3, -0.25) is 9.69 Å². The van der Waals surface area contributed by atoms with Crippen LogP contribution in [0.15, 0.2) is 18.3 Å². The lowest BCUT2D eigenvalue weighted by atomic mass is 10.2. The van der Waals surface area contributed by atoms with Gasteiger partial charge in [-0.25, -0.2) is 4.98 Å². The number of aromatic nitrogens is 1. The number of primary amides is 1. The molecular weight excluding hydrogens is 216 g/mol. The molecule has 0 atom stereocenters. The molecule has 5 heteroatoms. The van der Waals surface area contributed by atoms with E-state index in [0.717, 1.165) is 32.0 Å². The molecule has 1 amide bonds. The lowest BCUT2D eigenvalue weighted by Gasteiger charge is -2.35. The maximum Gasteiger partial charge on any atom is 0.231 e. The van der Waals surface area contributed by atoms with Gasteiger partial charge in [0.05, 0.1) is 6.54 Å². The van der Waals surface area contributed by atoms with Crippen LogP contribution in [0.4, 0.5) is 5.82 Å². The molecule has 1 fully saturated rings. The van der Waals surface area contributed by atoms with E-state index in [1.807, 2.05) is 12.3 Å². The molecule has 0 aliphatic carbocycles. The first-order valence-electron chi connectivity index (χ1n) is 5.84. The van der Waals surface area contributed by atoms with Crippen molar-refractivity contribution in [1.82, 2.24) is 9.88 Å². The highest BCUT2D eigenvalue weighted by atomic mass is 16.1. The summed E-state index contributed by atoms with van der Waals surface area (Å²) in [6.45, 7) is 5.93. The van der Waals surface area contributed by atoms with E-state index in [4.69, 9.17) is 5.73 Å². The van der Waals surface area contributed by atoms with Gasteiger partial charge < -0.3 is 10.6 Å². The first-order valence-corrected chi connectivity index (χ1v) is 5.84. The van der Waals surface area contributed by atoms with E-state index in [9.17, 15) is 4.79 Å². The van der Waals surface area contributed by atoms with E-state index in [1.165, 1.54) is 5.56 Å². The van der Waals surface area contributed by atoms with Crippen LogP contribution in [0, 0.1) is 6.92 Å². The smallest absolute Gasteiger partial charge is 0.231 e. The molecule has 1 aromatic rings. The van der Waals surface area contributed by atoms with Gasteiger partial charge in [-0.1, -0.05) is 6.07 Å². The summed E-state index contributed by atoms with van der Waals surface area (Å²) in [6.07, 6.45) is 1.82. The van der Waals surface area contributed by atoms with E-state index in [1.54, 1.807) is 0 Å². The molecule has 0 radical (unpaired) electrons. The fourth-order valence-corrected chi connectivity index (χ4v) is 2.15. The van der Waals surface area contributed by atoms with E-state index in [2.05, 4.69) is 27.8 Å². The normalized spacial score (nSPS) is 17.1. The predicted molar refractivity (Wildman–Crippen MR) is 66.8 cm³/mol. The molecule has 92 valence electrons. The zero-order valence-corrected chi connectivity index (χ0v) is 10.1. The number of hydrogen-bond acceptors (Lipinski definition) is 4. The summed E-state index contributed by atoms with van der Waals surface area (Å²) in [5.74, 6) is 0.790. The molecule has 0 aromatic carbocycles. The van der Waals surface area contributed by atoms with Crippen molar-refractivity contribution < 1.29 is 4.79 Å². The summed E-state index contributed by atoms with van der Waals surface area (Å²) in [6, 6.07) is 4.01. The van der Waals surface area contributed by atoms with Gasteiger partial charge in [-0.15, -0.1) is 0 Å². The summed E-state index contributed by atoms with van der Waals surface area (Å²) in [5, 5.41) is 0. The molecule has 1 aromatic heterocycles. The predicted octanol–water partition coefficient (Wildman–Crippen LogP) is -0.00268. The Morgan fingerprint density at radius 1 is 1.41 bits per heavy atom. The Labute approximate surface area is 101 Å². The van der Waals surface area contributed by atoms with Crippen LogP contribution in [0.25, 0.3) is 0 Å². The summed E-state index contributed by atoms with van der Waals surface area (Å²) in [4.78, 5) is 19.6. The Kier molecular flexibility index (Phi) is 3.58. The zero-order chi connectivity index (χ0) is 12.3. The van der Waals surface area contributed by atoms with Crippen LogP contribution in [0.3, 0.4) is 0 Å². The number of anilines is 1. The van der Waals surface area contributed by atoms with Gasteiger partial charge in [0, 0.05) is 32.4 Å². The Balaban J connectivity index is 1.95. The molecule has 2 rings (SSSR count).